The van der Waals surface area contributed by atoms with Gasteiger partial charge in [0.1, 0.15) is 30.0 Å². The summed E-state index contributed by atoms with van der Waals surface area (Å²) in [6.07, 6.45) is -4.75. The molecule has 1 heterocycles. The van der Waals surface area contributed by atoms with Gasteiger partial charge in [-0.3, -0.25) is 0 Å². The van der Waals surface area contributed by atoms with Gasteiger partial charge in [0.25, 0.3) is 0 Å². The van der Waals surface area contributed by atoms with Gasteiger partial charge in [-0.2, -0.15) is 0 Å². The van der Waals surface area contributed by atoms with Crippen molar-refractivity contribution in [3.63, 3.8) is 0 Å². The minimum Gasteiger partial charge on any atom is -0.387 e. The summed E-state index contributed by atoms with van der Waals surface area (Å²) in [5.74, 6) is 0. The van der Waals surface area contributed by atoms with Crippen molar-refractivity contribution in [3.05, 3.63) is 120 Å². The zero-order chi connectivity index (χ0) is 24.0. The van der Waals surface area contributed by atoms with E-state index >= 15 is 0 Å². The van der Waals surface area contributed by atoms with Crippen molar-refractivity contribution in [3.8, 4) is 0 Å². The van der Waals surface area contributed by atoms with Gasteiger partial charge in [-0.15, -0.1) is 6.58 Å². The first-order valence-electron chi connectivity index (χ1n) is 11.3. The van der Waals surface area contributed by atoms with Crippen LogP contribution in [0.2, 0.25) is 0 Å². The Labute approximate surface area is 199 Å². The van der Waals surface area contributed by atoms with Crippen LogP contribution in [-0.2, 0) is 19.8 Å². The van der Waals surface area contributed by atoms with Gasteiger partial charge in [0.2, 0.25) is 0 Å². The maximum Gasteiger partial charge on any atom is 0.187 e. The minimum absolute atomic E-state index is 0.0718. The van der Waals surface area contributed by atoms with E-state index in [4.69, 9.17) is 14.2 Å². The lowest BCUT2D eigenvalue weighted by Gasteiger charge is -2.42. The van der Waals surface area contributed by atoms with Crippen molar-refractivity contribution in [1.29, 1.82) is 0 Å². The van der Waals surface area contributed by atoms with Crippen LogP contribution in [0, 0.1) is 0 Å². The molecule has 3 aromatic carbocycles. The maximum absolute atomic E-state index is 10.7. The van der Waals surface area contributed by atoms with Crippen molar-refractivity contribution >= 4 is 0 Å². The van der Waals surface area contributed by atoms with Crippen molar-refractivity contribution in [2.75, 3.05) is 13.2 Å². The largest absolute Gasteiger partial charge is 0.387 e. The Hall–Kier alpha value is -2.84. The molecular weight excluding hydrogens is 432 g/mol. The molecule has 0 radical (unpaired) electrons. The average molecular weight is 463 g/mol. The average Bonchev–Trinajstić information content (AvgIpc) is 2.90. The summed E-state index contributed by atoms with van der Waals surface area (Å²) < 4.78 is 18.0. The lowest BCUT2D eigenvalue weighted by molar-refractivity contribution is -0.303. The molecule has 0 bridgehead atoms. The quantitative estimate of drug-likeness (QED) is 0.335. The monoisotopic (exact) mass is 462 g/mol. The number of hydrogen-bond acceptors (Lipinski definition) is 6. The normalized spacial score (nSPS) is 25.1. The Morgan fingerprint density at radius 2 is 1.21 bits per heavy atom. The fourth-order valence-corrected chi connectivity index (χ4v) is 4.33. The van der Waals surface area contributed by atoms with Crippen LogP contribution < -0.4 is 0 Å². The first kappa shape index (κ1) is 24.3. The molecule has 178 valence electrons. The highest BCUT2D eigenvalue weighted by atomic mass is 16.7. The molecule has 1 aliphatic heterocycles. The fraction of sp³-hybridized carbons (Fsp3) is 0.286. The molecule has 0 spiro atoms. The van der Waals surface area contributed by atoms with Gasteiger partial charge in [-0.25, -0.2) is 0 Å². The van der Waals surface area contributed by atoms with Crippen LogP contribution in [0.3, 0.4) is 0 Å². The predicted molar refractivity (Wildman–Crippen MR) is 128 cm³/mol. The lowest BCUT2D eigenvalue weighted by Crippen LogP contribution is -2.59. The molecular formula is C28H30O6. The van der Waals surface area contributed by atoms with Crippen LogP contribution in [0.5, 0.6) is 0 Å². The summed E-state index contributed by atoms with van der Waals surface area (Å²) in [6, 6.07) is 29.5. The molecule has 4 rings (SSSR count). The van der Waals surface area contributed by atoms with Crippen LogP contribution in [-0.4, -0.2) is 59.2 Å². The number of aliphatic hydroxyl groups excluding tert-OH is 3. The summed E-state index contributed by atoms with van der Waals surface area (Å²) in [5.41, 5.74) is 1.69. The first-order chi connectivity index (χ1) is 16.6. The van der Waals surface area contributed by atoms with Crippen LogP contribution in [0.15, 0.2) is 104 Å². The number of benzene rings is 3. The van der Waals surface area contributed by atoms with E-state index < -0.39 is 36.3 Å². The molecule has 1 saturated heterocycles. The second-order valence-electron chi connectivity index (χ2n) is 8.23. The fourth-order valence-electron chi connectivity index (χ4n) is 4.33. The summed E-state index contributed by atoms with van der Waals surface area (Å²) in [5, 5.41) is 31.4. The van der Waals surface area contributed by atoms with Crippen LogP contribution in [0.4, 0.5) is 0 Å². The predicted octanol–water partition coefficient (Wildman–Crippen LogP) is 3.01. The van der Waals surface area contributed by atoms with E-state index in [0.29, 0.717) is 0 Å². The molecule has 0 unspecified atom stereocenters. The molecule has 34 heavy (non-hydrogen) atoms. The zero-order valence-electron chi connectivity index (χ0n) is 18.8. The van der Waals surface area contributed by atoms with Crippen LogP contribution in [0.1, 0.15) is 16.7 Å². The highest BCUT2D eigenvalue weighted by Gasteiger charge is 2.46. The second kappa shape index (κ2) is 11.1. The lowest BCUT2D eigenvalue weighted by atomic mass is 9.80. The zero-order valence-corrected chi connectivity index (χ0v) is 18.8. The Kier molecular flexibility index (Phi) is 7.90. The summed E-state index contributed by atoms with van der Waals surface area (Å²) in [4.78, 5) is 0. The summed E-state index contributed by atoms with van der Waals surface area (Å²) in [7, 11) is 0. The molecule has 1 fully saturated rings. The first-order valence-corrected chi connectivity index (χ1v) is 11.3. The highest BCUT2D eigenvalue weighted by molar-refractivity contribution is 5.47. The molecule has 3 N–H and O–H groups in total. The van der Waals surface area contributed by atoms with E-state index in [-0.39, 0.29) is 13.2 Å². The second-order valence-corrected chi connectivity index (χ2v) is 8.23. The molecule has 6 heteroatoms. The van der Waals surface area contributed by atoms with E-state index in [1.54, 1.807) is 0 Å². The Morgan fingerprint density at radius 3 is 1.65 bits per heavy atom. The third-order valence-electron chi connectivity index (χ3n) is 6.05. The van der Waals surface area contributed by atoms with E-state index in [1.165, 1.54) is 6.08 Å². The summed E-state index contributed by atoms with van der Waals surface area (Å²) in [6.45, 7) is 3.65. The van der Waals surface area contributed by atoms with Gasteiger partial charge in [0.05, 0.1) is 13.2 Å². The van der Waals surface area contributed by atoms with Crippen molar-refractivity contribution < 1.29 is 29.5 Å². The van der Waals surface area contributed by atoms with E-state index in [2.05, 4.69) is 6.58 Å². The van der Waals surface area contributed by atoms with E-state index in [1.807, 2.05) is 91.0 Å². The Bertz CT molecular complexity index is 930. The minimum atomic E-state index is -1.45. The van der Waals surface area contributed by atoms with E-state index in [0.717, 1.165) is 16.7 Å². The maximum atomic E-state index is 10.7. The molecule has 0 amide bonds. The smallest absolute Gasteiger partial charge is 0.187 e. The molecule has 1 aliphatic rings. The van der Waals surface area contributed by atoms with Gasteiger partial charge in [0, 0.05) is 0 Å². The Balaban J connectivity index is 1.73. The standard InChI is InChI=1S/C28H30O6/c1-2-18-32-27-26(31)25(30)24(29)23(34-27)19-33-28(20-12-6-3-7-13-20,21-14-8-4-9-15-21)22-16-10-5-11-17-22/h2-17,23-27,29-31H,1,18-19H2/t23-,24-,25+,26-,27+/m1/s1. The SMILES string of the molecule is C=CCO[C@H]1O[C@H](COC(c2ccccc2)(c2ccccc2)c2ccccc2)[C@@H](O)[C@H](O)[C@H]1O. The van der Waals surface area contributed by atoms with Gasteiger partial charge in [-0.05, 0) is 16.7 Å². The van der Waals surface area contributed by atoms with Gasteiger partial charge in [0.15, 0.2) is 6.29 Å². The van der Waals surface area contributed by atoms with Crippen LogP contribution in [0.25, 0.3) is 0 Å². The molecule has 5 atom stereocenters. The number of aliphatic hydroxyl groups is 3. The van der Waals surface area contributed by atoms with Crippen molar-refractivity contribution in [2.45, 2.75) is 36.3 Å². The topological polar surface area (TPSA) is 88.4 Å². The number of hydrogen-bond donors (Lipinski definition) is 3. The molecule has 0 saturated carbocycles. The molecule has 3 aromatic rings. The molecule has 6 nitrogen and oxygen atoms in total. The Morgan fingerprint density at radius 1 is 0.735 bits per heavy atom. The van der Waals surface area contributed by atoms with Crippen LogP contribution >= 0.6 is 0 Å². The third kappa shape index (κ3) is 4.83. The third-order valence-corrected chi connectivity index (χ3v) is 6.05. The van der Waals surface area contributed by atoms with E-state index in [9.17, 15) is 15.3 Å². The van der Waals surface area contributed by atoms with Gasteiger partial charge in [-0.1, -0.05) is 97.1 Å². The number of rotatable bonds is 9. The van der Waals surface area contributed by atoms with Gasteiger partial charge >= 0.3 is 0 Å². The highest BCUT2D eigenvalue weighted by Crippen LogP contribution is 2.41. The molecule has 0 aliphatic carbocycles. The number of ether oxygens (including phenoxy) is 3. The molecule has 0 aromatic heterocycles. The summed E-state index contributed by atoms with van der Waals surface area (Å²) >= 11 is 0. The van der Waals surface area contributed by atoms with Crippen molar-refractivity contribution in [2.24, 2.45) is 0 Å². The van der Waals surface area contributed by atoms with Gasteiger partial charge < -0.3 is 29.5 Å². The van der Waals surface area contributed by atoms with Crippen molar-refractivity contribution in [1.82, 2.24) is 0 Å².